The summed E-state index contributed by atoms with van der Waals surface area (Å²) in [6.45, 7) is 3.04. The maximum Gasteiger partial charge on any atom is 0.0790 e. The van der Waals surface area contributed by atoms with Crippen molar-refractivity contribution in [3.63, 3.8) is 0 Å². The van der Waals surface area contributed by atoms with Crippen LogP contribution in [0.25, 0.3) is 0 Å². The molecule has 2 aromatic rings. The molecule has 0 spiro atoms. The number of benzene rings is 2. The van der Waals surface area contributed by atoms with E-state index in [-0.39, 0.29) is 6.10 Å². The fourth-order valence-corrected chi connectivity index (χ4v) is 2.47. The molecule has 2 aromatic carbocycles. The number of anilines is 1. The maximum absolute atomic E-state index is 10.0. The Morgan fingerprint density at radius 2 is 1.86 bits per heavy atom. The van der Waals surface area contributed by atoms with Gasteiger partial charge in [0.15, 0.2) is 0 Å². The molecule has 1 atom stereocenters. The second-order valence-corrected chi connectivity index (χ2v) is 5.45. The summed E-state index contributed by atoms with van der Waals surface area (Å²) in [6, 6.07) is 18.7. The van der Waals surface area contributed by atoms with E-state index >= 15 is 0 Å². The topological polar surface area (TPSA) is 32.3 Å². The molecule has 2 rings (SSSR count). The van der Waals surface area contributed by atoms with Crippen molar-refractivity contribution in [2.24, 2.45) is 0 Å². The summed E-state index contributed by atoms with van der Waals surface area (Å²) in [4.78, 5) is 0. The number of rotatable bonds is 8. The van der Waals surface area contributed by atoms with Gasteiger partial charge in [-0.25, -0.2) is 0 Å². The normalized spacial score (nSPS) is 12.1. The summed E-state index contributed by atoms with van der Waals surface area (Å²) < 4.78 is 0. The van der Waals surface area contributed by atoms with Crippen LogP contribution in [0.5, 0.6) is 0 Å². The van der Waals surface area contributed by atoms with Crippen LogP contribution in [-0.4, -0.2) is 11.7 Å². The fourth-order valence-electron chi connectivity index (χ4n) is 2.47. The largest absolute Gasteiger partial charge is 0.388 e. The molecule has 0 amide bonds. The Morgan fingerprint density at radius 1 is 1.05 bits per heavy atom. The Balaban J connectivity index is 1.79. The summed E-state index contributed by atoms with van der Waals surface area (Å²) in [6.07, 6.45) is 3.66. The molecule has 112 valence electrons. The van der Waals surface area contributed by atoms with E-state index < -0.39 is 0 Å². The summed E-state index contributed by atoms with van der Waals surface area (Å²) in [5.74, 6) is 0. The van der Waals surface area contributed by atoms with E-state index in [0.29, 0.717) is 0 Å². The number of hydrogen-bond donors (Lipinski definition) is 2. The molecule has 0 aliphatic rings. The lowest BCUT2D eigenvalue weighted by atomic mass is 10.0. The SMILES string of the molecule is CCCC(O)c1cccc(NCCCc2ccccc2)c1. The molecule has 0 radical (unpaired) electrons. The van der Waals surface area contributed by atoms with Crippen LogP contribution in [0.15, 0.2) is 54.6 Å². The lowest BCUT2D eigenvalue weighted by Gasteiger charge is -2.12. The molecule has 2 N–H and O–H groups in total. The second-order valence-electron chi connectivity index (χ2n) is 5.45. The van der Waals surface area contributed by atoms with Crippen molar-refractivity contribution < 1.29 is 5.11 Å². The Hall–Kier alpha value is -1.80. The Kier molecular flexibility index (Phi) is 6.29. The molecule has 0 saturated heterocycles. The van der Waals surface area contributed by atoms with Gasteiger partial charge in [-0.15, -0.1) is 0 Å². The number of aliphatic hydroxyl groups is 1. The molecule has 21 heavy (non-hydrogen) atoms. The third-order valence-electron chi connectivity index (χ3n) is 3.65. The van der Waals surface area contributed by atoms with Gasteiger partial charge in [-0.1, -0.05) is 55.8 Å². The van der Waals surface area contributed by atoms with Gasteiger partial charge in [0.05, 0.1) is 6.10 Å². The number of aliphatic hydroxyl groups excluding tert-OH is 1. The molecular weight excluding hydrogens is 258 g/mol. The molecule has 0 heterocycles. The van der Waals surface area contributed by atoms with Crippen molar-refractivity contribution >= 4 is 5.69 Å². The van der Waals surface area contributed by atoms with Gasteiger partial charge in [0, 0.05) is 12.2 Å². The quantitative estimate of drug-likeness (QED) is 0.696. The van der Waals surface area contributed by atoms with Gasteiger partial charge in [-0.2, -0.15) is 0 Å². The van der Waals surface area contributed by atoms with Crippen molar-refractivity contribution in [3.8, 4) is 0 Å². The first kappa shape index (κ1) is 15.6. The van der Waals surface area contributed by atoms with Crippen LogP contribution < -0.4 is 5.32 Å². The van der Waals surface area contributed by atoms with E-state index in [1.165, 1.54) is 5.56 Å². The Bertz CT molecular complexity index is 524. The lowest BCUT2D eigenvalue weighted by Crippen LogP contribution is -2.04. The van der Waals surface area contributed by atoms with Crippen molar-refractivity contribution in [2.45, 2.75) is 38.7 Å². The van der Waals surface area contributed by atoms with Crippen molar-refractivity contribution in [2.75, 3.05) is 11.9 Å². The van der Waals surface area contributed by atoms with Crippen LogP contribution in [0.1, 0.15) is 43.4 Å². The van der Waals surface area contributed by atoms with Crippen LogP contribution in [0.3, 0.4) is 0 Å². The van der Waals surface area contributed by atoms with E-state index in [2.05, 4.69) is 54.7 Å². The predicted molar refractivity (Wildman–Crippen MR) is 89.6 cm³/mol. The average molecular weight is 283 g/mol. The summed E-state index contributed by atoms with van der Waals surface area (Å²) in [7, 11) is 0. The standard InChI is InChI=1S/C19H25NO/c1-2-8-19(21)17-12-6-13-18(15-17)20-14-7-11-16-9-4-3-5-10-16/h3-6,9-10,12-13,15,19-21H,2,7-8,11,14H2,1H3. The van der Waals surface area contributed by atoms with Crippen molar-refractivity contribution in [1.82, 2.24) is 0 Å². The van der Waals surface area contributed by atoms with Crippen LogP contribution >= 0.6 is 0 Å². The van der Waals surface area contributed by atoms with Crippen molar-refractivity contribution in [1.29, 1.82) is 0 Å². The van der Waals surface area contributed by atoms with Gasteiger partial charge in [-0.3, -0.25) is 0 Å². The fraction of sp³-hybridized carbons (Fsp3) is 0.368. The first-order chi connectivity index (χ1) is 10.3. The molecule has 0 saturated carbocycles. The minimum absolute atomic E-state index is 0.346. The Morgan fingerprint density at radius 3 is 2.62 bits per heavy atom. The van der Waals surface area contributed by atoms with Gasteiger partial charge in [-0.05, 0) is 42.5 Å². The number of aryl methyl sites for hydroxylation is 1. The maximum atomic E-state index is 10.0. The van der Waals surface area contributed by atoms with Crippen LogP contribution in [-0.2, 0) is 6.42 Å². The molecule has 0 fully saturated rings. The van der Waals surface area contributed by atoms with Crippen LogP contribution in [0.4, 0.5) is 5.69 Å². The van der Waals surface area contributed by atoms with Crippen LogP contribution in [0, 0.1) is 0 Å². The van der Waals surface area contributed by atoms with E-state index in [0.717, 1.165) is 43.5 Å². The summed E-state index contributed by atoms with van der Waals surface area (Å²) in [5.41, 5.74) is 3.48. The summed E-state index contributed by atoms with van der Waals surface area (Å²) in [5, 5.41) is 13.5. The highest BCUT2D eigenvalue weighted by atomic mass is 16.3. The number of nitrogens with one attached hydrogen (secondary N) is 1. The molecule has 1 unspecified atom stereocenters. The van der Waals surface area contributed by atoms with E-state index in [9.17, 15) is 5.11 Å². The zero-order valence-electron chi connectivity index (χ0n) is 12.8. The van der Waals surface area contributed by atoms with E-state index in [1.54, 1.807) is 0 Å². The van der Waals surface area contributed by atoms with Crippen molar-refractivity contribution in [3.05, 3.63) is 65.7 Å². The third-order valence-corrected chi connectivity index (χ3v) is 3.65. The zero-order valence-corrected chi connectivity index (χ0v) is 12.8. The molecule has 2 nitrogen and oxygen atoms in total. The van der Waals surface area contributed by atoms with Gasteiger partial charge in [0.2, 0.25) is 0 Å². The van der Waals surface area contributed by atoms with Gasteiger partial charge in [0.1, 0.15) is 0 Å². The first-order valence-corrected chi connectivity index (χ1v) is 7.85. The zero-order chi connectivity index (χ0) is 14.9. The number of hydrogen-bond acceptors (Lipinski definition) is 2. The third kappa shape index (κ3) is 5.24. The minimum Gasteiger partial charge on any atom is -0.388 e. The Labute approximate surface area is 127 Å². The van der Waals surface area contributed by atoms with E-state index in [1.807, 2.05) is 12.1 Å². The second kappa shape index (κ2) is 8.48. The first-order valence-electron chi connectivity index (χ1n) is 7.85. The van der Waals surface area contributed by atoms with Gasteiger partial charge in [0.25, 0.3) is 0 Å². The molecule has 0 aromatic heterocycles. The average Bonchev–Trinajstić information content (AvgIpc) is 2.53. The van der Waals surface area contributed by atoms with Gasteiger partial charge >= 0.3 is 0 Å². The highest BCUT2D eigenvalue weighted by Gasteiger charge is 2.06. The molecule has 0 aliphatic carbocycles. The highest BCUT2D eigenvalue weighted by Crippen LogP contribution is 2.21. The molecule has 0 aliphatic heterocycles. The predicted octanol–water partition coefficient (Wildman–Crippen LogP) is 4.56. The summed E-state index contributed by atoms with van der Waals surface area (Å²) >= 11 is 0. The van der Waals surface area contributed by atoms with E-state index in [4.69, 9.17) is 0 Å². The lowest BCUT2D eigenvalue weighted by molar-refractivity contribution is 0.166. The highest BCUT2D eigenvalue weighted by molar-refractivity contribution is 5.46. The minimum atomic E-state index is -0.346. The molecule has 0 bridgehead atoms. The molecular formula is C19H25NO. The van der Waals surface area contributed by atoms with Gasteiger partial charge < -0.3 is 10.4 Å². The molecule has 2 heteroatoms. The monoisotopic (exact) mass is 283 g/mol. The van der Waals surface area contributed by atoms with Crippen LogP contribution in [0.2, 0.25) is 0 Å². The smallest absolute Gasteiger partial charge is 0.0790 e.